The normalized spacial score (nSPS) is 14.6. The fraction of sp³-hybridized carbons (Fsp3) is 0.600. The van der Waals surface area contributed by atoms with E-state index in [1.165, 1.54) is 11.1 Å². The molecule has 0 saturated heterocycles. The molecule has 0 amide bonds. The molecule has 0 radical (unpaired) electrons. The average Bonchev–Trinajstić information content (AvgIpc) is 2.24. The Morgan fingerprint density at radius 1 is 1.21 bits per heavy atom. The summed E-state index contributed by atoms with van der Waals surface area (Å²) in [4.78, 5) is 0. The molecule has 0 heterocycles. The summed E-state index contributed by atoms with van der Waals surface area (Å²) in [6.07, 6.45) is -0.547. The summed E-state index contributed by atoms with van der Waals surface area (Å²) < 4.78 is 12.0. The first-order valence-corrected chi connectivity index (χ1v) is 8.19. The smallest absolute Gasteiger partial charge is 0.0779 e. The molecular formula is C15H25NO2S. The van der Waals surface area contributed by atoms with E-state index in [1.54, 1.807) is 0 Å². The molecule has 0 fully saturated rings. The van der Waals surface area contributed by atoms with Crippen molar-refractivity contribution in [1.29, 1.82) is 0 Å². The topological polar surface area (TPSA) is 49.3 Å². The van der Waals surface area contributed by atoms with Crippen LogP contribution in [0.4, 0.5) is 0 Å². The van der Waals surface area contributed by atoms with Crippen molar-refractivity contribution in [3.63, 3.8) is 0 Å². The molecule has 1 aromatic carbocycles. The minimum absolute atomic E-state index is 0.326. The third-order valence-electron chi connectivity index (χ3n) is 2.75. The summed E-state index contributed by atoms with van der Waals surface area (Å²) in [5.74, 6) is 0.841. The largest absolute Gasteiger partial charge is 0.391 e. The predicted molar refractivity (Wildman–Crippen MR) is 81.8 cm³/mol. The lowest BCUT2D eigenvalue weighted by molar-refractivity contribution is 0.191. The standard InChI is InChI=1S/C15H25NO2S/c1-11(2)16-8-15(17)10-19(18)9-14-6-12(3)5-13(4)7-14/h5-7,11,15-17H,8-10H2,1-4H3. The Morgan fingerprint density at radius 3 is 2.32 bits per heavy atom. The van der Waals surface area contributed by atoms with Crippen molar-refractivity contribution in [1.82, 2.24) is 5.32 Å². The summed E-state index contributed by atoms with van der Waals surface area (Å²) in [7, 11) is -1.02. The Bertz CT molecular complexity index is 412. The van der Waals surface area contributed by atoms with Crippen molar-refractivity contribution in [3.05, 3.63) is 34.9 Å². The van der Waals surface area contributed by atoms with Gasteiger partial charge in [0.15, 0.2) is 0 Å². The van der Waals surface area contributed by atoms with Crippen LogP contribution in [0.5, 0.6) is 0 Å². The minimum Gasteiger partial charge on any atom is -0.391 e. The molecule has 1 rings (SSSR count). The SMILES string of the molecule is Cc1cc(C)cc(CS(=O)CC(O)CNC(C)C)c1. The van der Waals surface area contributed by atoms with Gasteiger partial charge in [0.2, 0.25) is 0 Å². The maximum Gasteiger partial charge on any atom is 0.0779 e. The minimum atomic E-state index is -1.02. The second kappa shape index (κ2) is 7.78. The third-order valence-corrected chi connectivity index (χ3v) is 4.16. The van der Waals surface area contributed by atoms with Gasteiger partial charge in [0.25, 0.3) is 0 Å². The lowest BCUT2D eigenvalue weighted by Gasteiger charge is -2.14. The molecule has 0 aliphatic heterocycles. The van der Waals surface area contributed by atoms with E-state index in [0.717, 1.165) is 5.56 Å². The van der Waals surface area contributed by atoms with Crippen LogP contribution >= 0.6 is 0 Å². The van der Waals surface area contributed by atoms with Crippen molar-refractivity contribution in [2.24, 2.45) is 0 Å². The number of rotatable bonds is 7. The first-order valence-electron chi connectivity index (χ1n) is 6.70. The second-order valence-electron chi connectivity index (χ2n) is 5.46. The van der Waals surface area contributed by atoms with Crippen LogP contribution in [0.15, 0.2) is 18.2 Å². The van der Waals surface area contributed by atoms with Crippen LogP contribution in [0.25, 0.3) is 0 Å². The predicted octanol–water partition coefficient (Wildman–Crippen LogP) is 1.91. The van der Waals surface area contributed by atoms with E-state index in [1.807, 2.05) is 27.7 Å². The van der Waals surface area contributed by atoms with E-state index in [4.69, 9.17) is 0 Å². The zero-order chi connectivity index (χ0) is 14.4. The number of nitrogens with one attached hydrogen (secondary N) is 1. The van der Waals surface area contributed by atoms with E-state index in [0.29, 0.717) is 24.1 Å². The van der Waals surface area contributed by atoms with E-state index in [2.05, 4.69) is 23.5 Å². The number of aliphatic hydroxyl groups excluding tert-OH is 1. The molecule has 2 unspecified atom stereocenters. The quantitative estimate of drug-likeness (QED) is 0.803. The van der Waals surface area contributed by atoms with Crippen LogP contribution in [0.2, 0.25) is 0 Å². The molecule has 0 aliphatic carbocycles. The van der Waals surface area contributed by atoms with Crippen molar-refractivity contribution in [2.45, 2.75) is 45.6 Å². The van der Waals surface area contributed by atoms with Gasteiger partial charge in [0.05, 0.1) is 11.9 Å². The number of benzene rings is 1. The Kier molecular flexibility index (Phi) is 6.69. The highest BCUT2D eigenvalue weighted by Crippen LogP contribution is 2.11. The number of aliphatic hydroxyl groups is 1. The molecule has 1 aromatic rings. The zero-order valence-corrected chi connectivity index (χ0v) is 13.1. The molecule has 19 heavy (non-hydrogen) atoms. The summed E-state index contributed by atoms with van der Waals surface area (Å²) in [6, 6.07) is 6.56. The summed E-state index contributed by atoms with van der Waals surface area (Å²) in [5.41, 5.74) is 3.46. The van der Waals surface area contributed by atoms with Crippen LogP contribution in [0.3, 0.4) is 0 Å². The van der Waals surface area contributed by atoms with Crippen LogP contribution < -0.4 is 5.32 Å². The van der Waals surface area contributed by atoms with Gasteiger partial charge >= 0.3 is 0 Å². The first-order chi connectivity index (χ1) is 8.86. The van der Waals surface area contributed by atoms with Gasteiger partial charge in [-0.05, 0) is 19.4 Å². The Hall–Kier alpha value is -0.710. The third kappa shape index (κ3) is 6.85. The highest BCUT2D eigenvalue weighted by atomic mass is 32.2. The lowest BCUT2D eigenvalue weighted by atomic mass is 10.1. The van der Waals surface area contributed by atoms with Gasteiger partial charge < -0.3 is 10.4 Å². The van der Waals surface area contributed by atoms with Gasteiger partial charge in [-0.1, -0.05) is 43.2 Å². The summed E-state index contributed by atoms with van der Waals surface area (Å²) >= 11 is 0. The van der Waals surface area contributed by atoms with Crippen molar-refractivity contribution < 1.29 is 9.32 Å². The molecule has 0 saturated carbocycles. The Balaban J connectivity index is 2.46. The number of aryl methyl sites for hydroxylation is 2. The van der Waals surface area contributed by atoms with Crippen LogP contribution in [0, 0.1) is 13.8 Å². The van der Waals surface area contributed by atoms with Gasteiger partial charge in [0.1, 0.15) is 0 Å². The van der Waals surface area contributed by atoms with Gasteiger partial charge in [-0.3, -0.25) is 4.21 Å². The molecule has 0 aliphatic rings. The van der Waals surface area contributed by atoms with E-state index >= 15 is 0 Å². The maximum atomic E-state index is 12.0. The highest BCUT2D eigenvalue weighted by Gasteiger charge is 2.11. The van der Waals surface area contributed by atoms with Gasteiger partial charge in [-0.25, -0.2) is 0 Å². The molecule has 0 spiro atoms. The van der Waals surface area contributed by atoms with Gasteiger partial charge in [0, 0.05) is 29.1 Å². The molecule has 108 valence electrons. The van der Waals surface area contributed by atoms with E-state index < -0.39 is 16.9 Å². The molecule has 0 bridgehead atoms. The number of hydrogen-bond acceptors (Lipinski definition) is 3. The molecule has 0 aromatic heterocycles. The Morgan fingerprint density at radius 2 is 1.79 bits per heavy atom. The molecule has 4 heteroatoms. The van der Waals surface area contributed by atoms with Crippen LogP contribution in [-0.2, 0) is 16.6 Å². The molecule has 2 N–H and O–H groups in total. The zero-order valence-electron chi connectivity index (χ0n) is 12.3. The molecular weight excluding hydrogens is 258 g/mol. The van der Waals surface area contributed by atoms with Crippen LogP contribution in [0.1, 0.15) is 30.5 Å². The highest BCUT2D eigenvalue weighted by molar-refractivity contribution is 7.84. The lowest BCUT2D eigenvalue weighted by Crippen LogP contribution is -2.35. The fourth-order valence-electron chi connectivity index (χ4n) is 2.04. The first kappa shape index (κ1) is 16.3. The van der Waals surface area contributed by atoms with Gasteiger partial charge in [-0.2, -0.15) is 0 Å². The summed E-state index contributed by atoms with van der Waals surface area (Å²) in [6.45, 7) is 8.64. The average molecular weight is 283 g/mol. The van der Waals surface area contributed by atoms with Crippen molar-refractivity contribution >= 4 is 10.8 Å². The van der Waals surface area contributed by atoms with E-state index in [-0.39, 0.29) is 0 Å². The van der Waals surface area contributed by atoms with Crippen LogP contribution in [-0.4, -0.2) is 33.8 Å². The Labute approximate surface area is 118 Å². The second-order valence-corrected chi connectivity index (χ2v) is 6.97. The fourth-order valence-corrected chi connectivity index (χ4v) is 3.25. The molecule has 3 nitrogen and oxygen atoms in total. The number of hydrogen-bond donors (Lipinski definition) is 2. The van der Waals surface area contributed by atoms with Crippen molar-refractivity contribution in [3.8, 4) is 0 Å². The van der Waals surface area contributed by atoms with E-state index in [9.17, 15) is 9.32 Å². The maximum absolute atomic E-state index is 12.0. The summed E-state index contributed by atoms with van der Waals surface area (Å²) in [5, 5.41) is 12.9. The van der Waals surface area contributed by atoms with Gasteiger partial charge in [-0.15, -0.1) is 0 Å². The monoisotopic (exact) mass is 283 g/mol. The molecule has 2 atom stereocenters. The van der Waals surface area contributed by atoms with Crippen molar-refractivity contribution in [2.75, 3.05) is 12.3 Å².